The highest BCUT2D eigenvalue weighted by Crippen LogP contribution is 2.89. The van der Waals surface area contributed by atoms with Gasteiger partial charge in [0.05, 0.1) is 12.3 Å². The molecule has 4 saturated carbocycles. The second kappa shape index (κ2) is 14.0. The highest BCUT2D eigenvalue weighted by Gasteiger charge is 2.63. The van der Waals surface area contributed by atoms with Crippen LogP contribution in [0.25, 0.3) is 0 Å². The van der Waals surface area contributed by atoms with Gasteiger partial charge < -0.3 is 47.3 Å². The summed E-state index contributed by atoms with van der Waals surface area (Å²) in [5, 5.41) is 0. The average molecular weight is 687 g/mol. The molecule has 0 bridgehead atoms. The number of rotatable bonds is 4. The number of halogens is 3. The molecule has 0 atom stereocenters. The minimum atomic E-state index is -0.578. The molecule has 0 nitrogen and oxygen atoms in total. The molecular weight excluding hydrogens is 636 g/mol. The highest BCUT2D eigenvalue weighted by molar-refractivity contribution is 9.69. The Morgan fingerprint density at radius 3 is 0.848 bits per heavy atom. The molecule has 0 N–H and O–H groups in total. The number of hydrogen-bond acceptors (Lipinski definition) is 0. The van der Waals surface area contributed by atoms with Crippen LogP contribution in [0.4, 0.5) is 0 Å². The molecule has 0 radical (unpaired) electrons. The molecule has 5 aliphatic rings. The fraction of sp³-hybridized carbons (Fsp3) is 1.00. The van der Waals surface area contributed by atoms with E-state index >= 15 is 0 Å². The van der Waals surface area contributed by atoms with Crippen LogP contribution in [0, 0.1) is 0 Å². The van der Waals surface area contributed by atoms with Crippen molar-refractivity contribution in [2.45, 2.75) is 151 Å². The van der Waals surface area contributed by atoms with Crippen LogP contribution < -0.4 is 0 Å². The Kier molecular flexibility index (Phi) is 12.1. The largest absolute Gasteiger partial charge is 0.329 e. The Balaban J connectivity index is 0.000000601. The molecular formula is C26H51B2Br3P2. The fourth-order valence-electron chi connectivity index (χ4n) is 9.99. The third-order valence-electron chi connectivity index (χ3n) is 11.4. The van der Waals surface area contributed by atoms with Gasteiger partial charge in [0.25, 0.3) is 6.72 Å². The van der Waals surface area contributed by atoms with Crippen molar-refractivity contribution >= 4 is 71.5 Å². The van der Waals surface area contributed by atoms with Gasteiger partial charge in [-0.15, -0.1) is 14.3 Å². The first-order valence-corrected chi connectivity index (χ1v) is 23.6. The third kappa shape index (κ3) is 7.10. The van der Waals surface area contributed by atoms with Crippen LogP contribution in [0.5, 0.6) is 0 Å². The third-order valence-corrected chi connectivity index (χ3v) is 28.9. The molecule has 5 rings (SSSR count). The molecule has 0 aromatic heterocycles. The second-order valence-corrected chi connectivity index (χ2v) is 31.5. The standard InChI is InChI=1S/C26H50BP2.BBr3H/c1-5-13-23(14-6-1)28(24-15-7-2-8-16-24)21-22-29(27-28,25-17-9-3-10-18-25)26-19-11-4-12-20-26;2-1(3)4/h23-26H,1-22,27H2;1H/q+1;-1. The molecule has 0 aromatic carbocycles. The topological polar surface area (TPSA) is 0 Å². The van der Waals surface area contributed by atoms with Gasteiger partial charge in [0.1, 0.15) is 0 Å². The first-order valence-electron chi connectivity index (χ1n) is 15.1. The summed E-state index contributed by atoms with van der Waals surface area (Å²) in [7, 11) is -1.16. The molecule has 0 amide bonds. The van der Waals surface area contributed by atoms with Crippen molar-refractivity contribution in [1.82, 2.24) is 0 Å². The molecule has 1 aliphatic heterocycles. The van der Waals surface area contributed by atoms with E-state index in [1.54, 1.807) is 128 Å². The van der Waals surface area contributed by atoms with Gasteiger partial charge in [-0.2, -0.15) is 0 Å². The molecule has 192 valence electrons. The lowest BCUT2D eigenvalue weighted by Crippen LogP contribution is -2.34. The summed E-state index contributed by atoms with van der Waals surface area (Å²) in [6, 6.07) is 0. The van der Waals surface area contributed by atoms with E-state index < -0.39 is 14.3 Å². The summed E-state index contributed by atoms with van der Waals surface area (Å²) in [5.41, 5.74) is 5.20. The van der Waals surface area contributed by atoms with Crippen LogP contribution in [0.1, 0.15) is 128 Å². The van der Waals surface area contributed by atoms with Crippen molar-refractivity contribution in [2.75, 3.05) is 12.3 Å². The molecule has 5 fully saturated rings. The lowest BCUT2D eigenvalue weighted by atomic mass is 9.99. The Morgan fingerprint density at radius 2 is 0.636 bits per heavy atom. The van der Waals surface area contributed by atoms with Gasteiger partial charge in [0, 0.05) is 22.6 Å². The molecule has 1 heterocycles. The molecule has 4 aliphatic carbocycles. The zero-order valence-corrected chi connectivity index (χ0v) is 28.1. The van der Waals surface area contributed by atoms with Gasteiger partial charge in [0.15, 0.2) is 3.18 Å². The van der Waals surface area contributed by atoms with Crippen molar-refractivity contribution in [3.63, 3.8) is 0 Å². The van der Waals surface area contributed by atoms with E-state index in [1.807, 2.05) is 12.3 Å². The lowest BCUT2D eigenvalue weighted by molar-refractivity contribution is 0.482. The van der Waals surface area contributed by atoms with Crippen molar-refractivity contribution in [1.29, 1.82) is 0 Å². The van der Waals surface area contributed by atoms with E-state index in [0.717, 1.165) is 0 Å². The molecule has 0 aromatic rings. The molecule has 7 heteroatoms. The predicted molar refractivity (Wildman–Crippen MR) is 174 cm³/mol. The maximum atomic E-state index is 3.19. The fourth-order valence-corrected chi connectivity index (χ4v) is 34.6. The summed E-state index contributed by atoms with van der Waals surface area (Å²) >= 11 is 9.56. The minimum absolute atomic E-state index is 0.312. The summed E-state index contributed by atoms with van der Waals surface area (Å²) in [6.07, 6.45) is 36.5. The Labute approximate surface area is 233 Å². The van der Waals surface area contributed by atoms with Crippen LogP contribution in [0.3, 0.4) is 0 Å². The smallest absolute Gasteiger partial charge is 0.296 e. The lowest BCUT2D eigenvalue weighted by Gasteiger charge is -2.49. The van der Waals surface area contributed by atoms with E-state index in [2.05, 4.69) is 47.3 Å². The van der Waals surface area contributed by atoms with E-state index in [-0.39, 0.29) is 3.18 Å². The zero-order chi connectivity index (χ0) is 23.2. The van der Waals surface area contributed by atoms with Gasteiger partial charge in [-0.05, 0) is 103 Å². The van der Waals surface area contributed by atoms with Crippen LogP contribution >= 0.6 is 61.6 Å². The average Bonchev–Trinajstić information content (AvgIpc) is 3.29. The van der Waals surface area contributed by atoms with Crippen LogP contribution in [0.2, 0.25) is 0 Å². The molecule has 1 saturated heterocycles. The Bertz CT molecular complexity index is 485. The second-order valence-electron chi connectivity index (χ2n) is 12.8. The molecule has 0 spiro atoms. The number of hydrogen-bond donors (Lipinski definition) is 0. The SMILES string of the molecule is Br[BH-](Br)Br.[BH2-]1[P+](C2CCCCC2)(C2CCCCC2)CC[P+]1(C1CCCCC1)C1CCCCC1. The normalized spacial score (nSPS) is 30.2. The first kappa shape index (κ1) is 28.4. The Morgan fingerprint density at radius 1 is 0.424 bits per heavy atom. The van der Waals surface area contributed by atoms with Crippen molar-refractivity contribution in [3.05, 3.63) is 0 Å². The van der Waals surface area contributed by atoms with Gasteiger partial charge in [-0.3, -0.25) is 0 Å². The van der Waals surface area contributed by atoms with Crippen LogP contribution in [-0.4, -0.2) is 44.9 Å². The van der Waals surface area contributed by atoms with Crippen molar-refractivity contribution in [3.8, 4) is 0 Å². The maximum absolute atomic E-state index is 3.19. The van der Waals surface area contributed by atoms with Gasteiger partial charge in [-0.25, -0.2) is 0 Å². The monoisotopic (exact) mass is 684 g/mol. The summed E-state index contributed by atoms with van der Waals surface area (Å²) < 4.78 is -0.312. The van der Waals surface area contributed by atoms with Gasteiger partial charge >= 0.3 is 0 Å². The van der Waals surface area contributed by atoms with Gasteiger partial charge in [-0.1, -0.05) is 25.7 Å². The van der Waals surface area contributed by atoms with E-state index in [9.17, 15) is 0 Å². The minimum Gasteiger partial charge on any atom is -0.329 e. The summed E-state index contributed by atoms with van der Waals surface area (Å²) in [5.74, 6) is 0. The van der Waals surface area contributed by atoms with Crippen LogP contribution in [0.15, 0.2) is 0 Å². The summed E-state index contributed by atoms with van der Waals surface area (Å²) in [4.78, 5) is 0. The summed E-state index contributed by atoms with van der Waals surface area (Å²) in [6.45, 7) is 0.372. The molecule has 0 unspecified atom stereocenters. The van der Waals surface area contributed by atoms with E-state index in [1.165, 1.54) is 22.6 Å². The zero-order valence-electron chi connectivity index (χ0n) is 21.6. The van der Waals surface area contributed by atoms with Crippen molar-refractivity contribution in [2.24, 2.45) is 0 Å². The van der Waals surface area contributed by atoms with E-state index in [4.69, 9.17) is 0 Å². The quantitative estimate of drug-likeness (QED) is 0.204. The maximum Gasteiger partial charge on any atom is 0.296 e. The van der Waals surface area contributed by atoms with Crippen molar-refractivity contribution < 1.29 is 0 Å². The Hall–Kier alpha value is 2.43. The highest BCUT2D eigenvalue weighted by atomic mass is 79.9. The van der Waals surface area contributed by atoms with Gasteiger partial charge in [0.2, 0.25) is 0 Å². The first-order chi connectivity index (χ1) is 16.1. The van der Waals surface area contributed by atoms with E-state index in [0.29, 0.717) is 6.72 Å². The predicted octanol–water partition coefficient (Wildman–Crippen LogP) is 10.3. The van der Waals surface area contributed by atoms with Crippen LogP contribution in [-0.2, 0) is 0 Å². The molecule has 33 heavy (non-hydrogen) atoms.